The van der Waals surface area contributed by atoms with Crippen LogP contribution in [0.25, 0.3) is 33.0 Å². The molecule has 2 amide bonds. The van der Waals surface area contributed by atoms with E-state index in [-0.39, 0.29) is 5.11 Å². The number of aromatic amines is 2. The van der Waals surface area contributed by atoms with E-state index in [0.29, 0.717) is 33.7 Å². The predicted octanol–water partition coefficient (Wildman–Crippen LogP) is 4.84. The minimum atomic E-state index is -0.496. The number of para-hydroxylation sites is 2. The van der Waals surface area contributed by atoms with Crippen molar-refractivity contribution in [3.8, 4) is 5.75 Å². The molecule has 4 N–H and O–H groups in total. The van der Waals surface area contributed by atoms with Crippen LogP contribution < -0.4 is 15.5 Å². The molecule has 0 saturated heterocycles. The van der Waals surface area contributed by atoms with Crippen LogP contribution in [0.15, 0.2) is 85.2 Å². The van der Waals surface area contributed by atoms with Gasteiger partial charge < -0.3 is 20.0 Å². The summed E-state index contributed by atoms with van der Waals surface area (Å²) in [6.45, 7) is 0. The zero-order valence-corrected chi connectivity index (χ0v) is 20.5. The van der Waals surface area contributed by atoms with E-state index in [9.17, 15) is 9.59 Å². The molecule has 0 saturated carbocycles. The van der Waals surface area contributed by atoms with Gasteiger partial charge in [0.15, 0.2) is 5.11 Å². The van der Waals surface area contributed by atoms with E-state index in [1.54, 1.807) is 37.7 Å². The lowest BCUT2D eigenvalue weighted by Crippen LogP contribution is -2.48. The van der Waals surface area contributed by atoms with Gasteiger partial charge in [0.1, 0.15) is 5.75 Å². The number of hydrogen-bond donors (Lipinski definition) is 4. The Hall–Kier alpha value is -4.89. The number of benzene rings is 3. The second-order valence-corrected chi connectivity index (χ2v) is 8.90. The van der Waals surface area contributed by atoms with Crippen LogP contribution in [0.5, 0.6) is 5.75 Å². The second kappa shape index (κ2) is 8.96. The highest BCUT2D eigenvalue weighted by Gasteiger charge is 2.42. The highest BCUT2D eigenvalue weighted by molar-refractivity contribution is 7.80. The highest BCUT2D eigenvalue weighted by Crippen LogP contribution is 2.40. The Kier molecular flexibility index (Phi) is 5.46. The summed E-state index contributed by atoms with van der Waals surface area (Å²) < 4.78 is 5.25. The molecular weight excluding hydrogens is 486 g/mol. The maximum absolute atomic E-state index is 13.8. The van der Waals surface area contributed by atoms with E-state index in [2.05, 4.69) is 20.7 Å². The number of amides is 2. The summed E-state index contributed by atoms with van der Waals surface area (Å²) in [5.74, 6) is -0.347. The lowest BCUT2D eigenvalue weighted by Gasteiger charge is -2.19. The summed E-state index contributed by atoms with van der Waals surface area (Å²) >= 11 is 5.45. The third kappa shape index (κ3) is 3.82. The maximum Gasteiger partial charge on any atom is 0.281 e. The molecule has 0 atom stereocenters. The minimum Gasteiger partial charge on any atom is -0.497 e. The van der Waals surface area contributed by atoms with Crippen molar-refractivity contribution in [1.29, 1.82) is 0 Å². The fraction of sp³-hybridized carbons (Fsp3) is 0.0357. The molecule has 0 bridgehead atoms. The van der Waals surface area contributed by atoms with Crippen LogP contribution in [0.4, 0.5) is 5.69 Å². The summed E-state index contributed by atoms with van der Waals surface area (Å²) in [5.41, 5.74) is 7.06. The summed E-state index contributed by atoms with van der Waals surface area (Å²) in [6.07, 6.45) is 3.52. The van der Waals surface area contributed by atoms with E-state index in [1.165, 1.54) is 0 Å². The van der Waals surface area contributed by atoms with Crippen LogP contribution in [0.1, 0.15) is 11.1 Å². The van der Waals surface area contributed by atoms with Crippen LogP contribution in [0.3, 0.4) is 0 Å². The number of anilines is 1. The average Bonchev–Trinajstić information content (AvgIpc) is 3.59. The minimum absolute atomic E-state index is 0.0911. The van der Waals surface area contributed by atoms with Crippen LogP contribution in [-0.4, -0.2) is 39.0 Å². The van der Waals surface area contributed by atoms with Crippen molar-refractivity contribution in [2.75, 3.05) is 12.4 Å². The number of carbonyl (C=O) groups is 2. The number of hydrogen-bond acceptors (Lipinski definition) is 4. The van der Waals surface area contributed by atoms with E-state index in [4.69, 9.17) is 17.0 Å². The van der Waals surface area contributed by atoms with Gasteiger partial charge in [-0.05, 0) is 36.5 Å². The molecule has 3 heterocycles. The largest absolute Gasteiger partial charge is 0.497 e. The Morgan fingerprint density at radius 2 is 1.38 bits per heavy atom. The van der Waals surface area contributed by atoms with Gasteiger partial charge in [0, 0.05) is 57.1 Å². The molecule has 6 rings (SSSR count). The first-order valence-corrected chi connectivity index (χ1v) is 11.9. The number of nitrogens with one attached hydrogen (secondary N) is 4. The molecule has 0 aliphatic carbocycles. The Labute approximate surface area is 216 Å². The topological polar surface area (TPSA) is 102 Å². The SMILES string of the molecule is COc1cccc(NC(=S)NN2C(=O)C(c3c[nH]c4ccccc34)=C(c3c[nH]c4ccccc34)C2=O)c1. The number of imide groups is 1. The fourth-order valence-electron chi connectivity index (χ4n) is 4.65. The summed E-state index contributed by atoms with van der Waals surface area (Å²) in [7, 11) is 1.57. The van der Waals surface area contributed by atoms with Crippen molar-refractivity contribution < 1.29 is 14.3 Å². The van der Waals surface area contributed by atoms with Crippen LogP contribution in [0.2, 0.25) is 0 Å². The number of rotatable bonds is 5. The first-order valence-electron chi connectivity index (χ1n) is 11.5. The zero-order valence-electron chi connectivity index (χ0n) is 19.7. The number of H-pyrrole nitrogens is 2. The summed E-state index contributed by atoms with van der Waals surface area (Å²) in [4.78, 5) is 34.1. The van der Waals surface area contributed by atoms with Crippen molar-refractivity contribution in [2.45, 2.75) is 0 Å². The van der Waals surface area contributed by atoms with Gasteiger partial charge in [-0.2, -0.15) is 5.01 Å². The van der Waals surface area contributed by atoms with Gasteiger partial charge in [0.25, 0.3) is 11.8 Å². The van der Waals surface area contributed by atoms with Gasteiger partial charge in [-0.15, -0.1) is 0 Å². The normalized spacial score (nSPS) is 13.6. The molecule has 1 aliphatic heterocycles. The van der Waals surface area contributed by atoms with Gasteiger partial charge >= 0.3 is 0 Å². The van der Waals surface area contributed by atoms with Gasteiger partial charge in [-0.25, -0.2) is 0 Å². The summed E-state index contributed by atoms with van der Waals surface area (Å²) in [6, 6.07) is 22.5. The second-order valence-electron chi connectivity index (χ2n) is 8.49. The summed E-state index contributed by atoms with van der Waals surface area (Å²) in [5, 5.41) is 5.74. The first-order chi connectivity index (χ1) is 18.0. The number of aromatic nitrogens is 2. The molecule has 2 aromatic heterocycles. The molecule has 3 aromatic carbocycles. The van der Waals surface area contributed by atoms with E-state index < -0.39 is 11.8 Å². The van der Waals surface area contributed by atoms with E-state index in [0.717, 1.165) is 26.8 Å². The van der Waals surface area contributed by atoms with Crippen LogP contribution in [0, 0.1) is 0 Å². The third-order valence-corrected chi connectivity index (χ3v) is 6.54. The number of thiocarbonyl (C=S) groups is 1. The fourth-order valence-corrected chi connectivity index (χ4v) is 4.86. The molecule has 0 radical (unpaired) electrons. The number of carbonyl (C=O) groups excluding carboxylic acids is 2. The Bertz CT molecular complexity index is 1650. The Morgan fingerprint density at radius 1 is 0.811 bits per heavy atom. The van der Waals surface area contributed by atoms with Gasteiger partial charge in [-0.1, -0.05) is 42.5 Å². The molecule has 0 unspecified atom stereocenters. The average molecular weight is 508 g/mol. The molecule has 37 heavy (non-hydrogen) atoms. The number of fused-ring (bicyclic) bond motifs is 2. The zero-order chi connectivity index (χ0) is 25.5. The van der Waals surface area contributed by atoms with E-state index in [1.807, 2.05) is 54.6 Å². The molecule has 9 heteroatoms. The molecule has 1 aliphatic rings. The third-order valence-electron chi connectivity index (χ3n) is 6.34. The molecule has 8 nitrogen and oxygen atoms in total. The number of ether oxygens (including phenoxy) is 1. The highest BCUT2D eigenvalue weighted by atomic mass is 32.1. The van der Waals surface area contributed by atoms with Crippen molar-refractivity contribution in [2.24, 2.45) is 0 Å². The van der Waals surface area contributed by atoms with Crippen molar-refractivity contribution in [3.05, 3.63) is 96.3 Å². The van der Waals surface area contributed by atoms with Crippen LogP contribution in [-0.2, 0) is 9.59 Å². The molecule has 0 fully saturated rings. The standard InChI is InChI=1S/C28H21N5O3S/c1-36-17-8-6-7-16(13-17)31-28(37)32-33-26(34)24(20-14-29-22-11-4-2-9-18(20)22)25(27(33)35)21-15-30-23-12-5-3-10-19(21)23/h2-15,29-30H,1H3,(H2,31,32,37). The molecule has 5 aromatic rings. The van der Waals surface area contributed by atoms with Gasteiger partial charge in [0.05, 0.1) is 18.3 Å². The first kappa shape index (κ1) is 22.6. The Balaban J connectivity index is 1.42. The van der Waals surface area contributed by atoms with Crippen LogP contribution >= 0.6 is 12.2 Å². The monoisotopic (exact) mass is 507 g/mol. The molecule has 182 valence electrons. The van der Waals surface area contributed by atoms with Gasteiger partial charge in [-0.3, -0.25) is 15.0 Å². The van der Waals surface area contributed by atoms with E-state index >= 15 is 0 Å². The number of nitrogens with zero attached hydrogens (tertiary/aromatic N) is 1. The quantitative estimate of drug-likeness (QED) is 0.201. The Morgan fingerprint density at radius 3 is 1.95 bits per heavy atom. The van der Waals surface area contributed by atoms with Gasteiger partial charge in [0.2, 0.25) is 0 Å². The lowest BCUT2D eigenvalue weighted by molar-refractivity contribution is -0.138. The molecule has 0 spiro atoms. The van der Waals surface area contributed by atoms with Crippen molar-refractivity contribution in [1.82, 2.24) is 20.4 Å². The molecular formula is C28H21N5O3S. The smallest absolute Gasteiger partial charge is 0.281 e. The number of methoxy groups -OCH3 is 1. The number of hydrazine groups is 1. The maximum atomic E-state index is 13.8. The van der Waals surface area contributed by atoms with Crippen molar-refractivity contribution >= 4 is 67.8 Å². The van der Waals surface area contributed by atoms with Crippen molar-refractivity contribution in [3.63, 3.8) is 0 Å². The predicted molar refractivity (Wildman–Crippen MR) is 148 cm³/mol. The lowest BCUT2D eigenvalue weighted by atomic mass is 9.95.